The number of anilines is 2. The van der Waals surface area contributed by atoms with Crippen LogP contribution in [-0.4, -0.2) is 52.9 Å². The largest absolute Gasteiger partial charge is 0.508 e. The smallest absolute Gasteiger partial charge is 0.325 e. The molecule has 0 aliphatic carbocycles. The molecule has 0 spiro atoms. The molecule has 0 aliphatic heterocycles. The molecule has 6 N–H and O–H groups in total. The number of nitrogens with zero attached hydrogens (tertiary/aromatic N) is 2. The molecule has 1 heterocycles. The molecule has 1 aromatic heterocycles. The molecule has 3 amide bonds. The van der Waals surface area contributed by atoms with Gasteiger partial charge in [0.1, 0.15) is 29.0 Å². The predicted molar refractivity (Wildman–Crippen MR) is 140 cm³/mol. The average molecular weight is 542 g/mol. The number of carbonyl (C=O) groups excluding carboxylic acids is 4. The molecule has 0 saturated heterocycles. The van der Waals surface area contributed by atoms with Crippen molar-refractivity contribution >= 4 is 46.6 Å². The Hall–Kier alpha value is -4.65. The number of nitrogens with two attached hydrogens (primary N) is 2. The van der Waals surface area contributed by atoms with Crippen LogP contribution in [0.1, 0.15) is 45.6 Å². The third-order valence-corrected chi connectivity index (χ3v) is 6.08. The first-order valence-electron chi connectivity index (χ1n) is 11.5. The van der Waals surface area contributed by atoms with Crippen molar-refractivity contribution in [3.8, 4) is 11.5 Å². The quantitative estimate of drug-likeness (QED) is 0.263. The Balaban J connectivity index is 2.21. The molecule has 3 rings (SSSR count). The summed E-state index contributed by atoms with van der Waals surface area (Å²) >= 11 is 0.653. The van der Waals surface area contributed by atoms with Crippen LogP contribution in [0.5, 0.6) is 11.5 Å². The van der Waals surface area contributed by atoms with Crippen LogP contribution in [0.3, 0.4) is 0 Å². The third-order valence-electron chi connectivity index (χ3n) is 5.23. The van der Waals surface area contributed by atoms with Crippen molar-refractivity contribution in [3.05, 3.63) is 64.7 Å². The van der Waals surface area contributed by atoms with Gasteiger partial charge in [-0.3, -0.25) is 24.1 Å². The fraction of sp³-hybridized carbons (Fsp3) is 0.240. The van der Waals surface area contributed by atoms with Gasteiger partial charge in [0.15, 0.2) is 5.69 Å². The molecule has 12 nitrogen and oxygen atoms in total. The zero-order chi connectivity index (χ0) is 27.8. The van der Waals surface area contributed by atoms with Crippen LogP contribution in [0, 0.1) is 0 Å². The number of nitrogen functional groups attached to an aromatic ring is 1. The van der Waals surface area contributed by atoms with E-state index in [4.69, 9.17) is 20.9 Å². The molecular weight excluding hydrogens is 514 g/mol. The molecule has 38 heavy (non-hydrogen) atoms. The molecule has 200 valence electrons. The van der Waals surface area contributed by atoms with E-state index in [9.17, 15) is 24.3 Å². The molecule has 0 radical (unpaired) electrons. The fourth-order valence-corrected chi connectivity index (χ4v) is 4.32. The second kappa shape index (κ2) is 12.5. The highest BCUT2D eigenvalue weighted by molar-refractivity contribution is 7.09. The first kappa shape index (κ1) is 27.9. The number of amides is 3. The number of aromatic nitrogens is 1. The van der Waals surface area contributed by atoms with Gasteiger partial charge in [-0.15, -0.1) is 0 Å². The molecule has 2 aromatic carbocycles. The van der Waals surface area contributed by atoms with E-state index >= 15 is 0 Å². The Morgan fingerprint density at radius 2 is 1.76 bits per heavy atom. The Labute approximate surface area is 222 Å². The van der Waals surface area contributed by atoms with Gasteiger partial charge in [-0.05, 0) is 55.2 Å². The number of primary amides is 1. The summed E-state index contributed by atoms with van der Waals surface area (Å²) in [6, 6.07) is 10.8. The lowest BCUT2D eigenvalue weighted by Crippen LogP contribution is -2.45. The van der Waals surface area contributed by atoms with E-state index < -0.39 is 36.3 Å². The standard InChI is InChI=1S/C25H27N5O7S/c1-3-36-17-8-6-5-7-16(17)30(25(35)22-19(26)20(23(27)33)29-38-22)21(14-9-11-15(31)12-10-14)24(34)28-13-18(32)37-4-2/h5-12,21,31H,3-4,13,26H2,1-2H3,(H2,27,33)(H,28,34)/t21-/m0/s1. The van der Waals surface area contributed by atoms with Crippen molar-refractivity contribution in [2.24, 2.45) is 5.73 Å². The van der Waals surface area contributed by atoms with Gasteiger partial charge < -0.3 is 31.4 Å². The highest BCUT2D eigenvalue weighted by Crippen LogP contribution is 2.38. The van der Waals surface area contributed by atoms with Crippen LogP contribution in [0.15, 0.2) is 48.5 Å². The lowest BCUT2D eigenvalue weighted by atomic mass is 10.0. The van der Waals surface area contributed by atoms with Crippen LogP contribution in [0.4, 0.5) is 11.4 Å². The highest BCUT2D eigenvalue weighted by atomic mass is 32.1. The average Bonchev–Trinajstić information content (AvgIpc) is 3.28. The number of hydrogen-bond donors (Lipinski definition) is 4. The monoisotopic (exact) mass is 541 g/mol. The lowest BCUT2D eigenvalue weighted by Gasteiger charge is -2.32. The summed E-state index contributed by atoms with van der Waals surface area (Å²) in [4.78, 5) is 52.4. The number of para-hydroxylation sites is 2. The van der Waals surface area contributed by atoms with Crippen molar-refractivity contribution in [3.63, 3.8) is 0 Å². The second-order valence-corrected chi connectivity index (χ2v) is 8.50. The molecule has 13 heteroatoms. The zero-order valence-electron chi connectivity index (χ0n) is 20.7. The van der Waals surface area contributed by atoms with Gasteiger partial charge in [0.25, 0.3) is 11.8 Å². The topological polar surface area (TPSA) is 187 Å². The number of hydrogen-bond acceptors (Lipinski definition) is 10. The second-order valence-electron chi connectivity index (χ2n) is 7.73. The summed E-state index contributed by atoms with van der Waals surface area (Å²) < 4.78 is 14.5. The van der Waals surface area contributed by atoms with E-state index in [1.165, 1.54) is 24.3 Å². The molecule has 0 bridgehead atoms. The van der Waals surface area contributed by atoms with Gasteiger partial charge in [-0.1, -0.05) is 24.3 Å². The molecule has 0 aliphatic rings. The molecule has 1 atom stereocenters. The first-order chi connectivity index (χ1) is 18.2. The summed E-state index contributed by atoms with van der Waals surface area (Å²) in [5, 5.41) is 12.3. The van der Waals surface area contributed by atoms with E-state index in [-0.39, 0.29) is 46.7 Å². The maximum atomic E-state index is 14.1. The van der Waals surface area contributed by atoms with Crippen molar-refractivity contribution in [1.82, 2.24) is 9.69 Å². The van der Waals surface area contributed by atoms with E-state index in [1.807, 2.05) is 0 Å². The molecule has 3 aromatic rings. The van der Waals surface area contributed by atoms with Crippen LogP contribution in [-0.2, 0) is 14.3 Å². The van der Waals surface area contributed by atoms with Crippen molar-refractivity contribution < 1.29 is 33.8 Å². The van der Waals surface area contributed by atoms with Gasteiger partial charge >= 0.3 is 5.97 Å². The summed E-state index contributed by atoms with van der Waals surface area (Å²) in [7, 11) is 0. The Kier molecular flexibility index (Phi) is 9.22. The zero-order valence-corrected chi connectivity index (χ0v) is 21.5. The maximum Gasteiger partial charge on any atom is 0.325 e. The van der Waals surface area contributed by atoms with Crippen LogP contribution < -0.4 is 26.4 Å². The number of benzene rings is 2. The predicted octanol–water partition coefficient (Wildman–Crippen LogP) is 2.00. The number of esters is 1. The third kappa shape index (κ3) is 6.18. The Morgan fingerprint density at radius 3 is 2.37 bits per heavy atom. The normalized spacial score (nSPS) is 11.3. The minimum Gasteiger partial charge on any atom is -0.508 e. The molecule has 0 unspecified atom stereocenters. The lowest BCUT2D eigenvalue weighted by molar-refractivity contribution is -0.143. The SMILES string of the molecule is CCOC(=O)CNC(=O)[C@H](c1ccc(O)cc1)N(C(=O)c1snc(C(N)=O)c1N)c1ccccc1OCC. The first-order valence-corrected chi connectivity index (χ1v) is 12.3. The number of rotatable bonds is 11. The van der Waals surface area contributed by atoms with Crippen LogP contribution >= 0.6 is 11.5 Å². The van der Waals surface area contributed by atoms with Gasteiger partial charge in [0.2, 0.25) is 5.91 Å². The van der Waals surface area contributed by atoms with Gasteiger partial charge in [0.05, 0.1) is 24.6 Å². The van der Waals surface area contributed by atoms with Crippen molar-refractivity contribution in [1.29, 1.82) is 0 Å². The van der Waals surface area contributed by atoms with E-state index in [0.29, 0.717) is 17.1 Å². The molecular formula is C25H27N5O7S. The van der Waals surface area contributed by atoms with Crippen LogP contribution in [0.2, 0.25) is 0 Å². The number of ether oxygens (including phenoxy) is 2. The summed E-state index contributed by atoms with van der Waals surface area (Å²) in [6.07, 6.45) is 0. The molecule has 0 fully saturated rings. The number of nitrogens with one attached hydrogen (secondary N) is 1. The van der Waals surface area contributed by atoms with E-state index in [2.05, 4.69) is 9.69 Å². The Bertz CT molecular complexity index is 1330. The summed E-state index contributed by atoms with van der Waals surface area (Å²) in [5.74, 6) is -2.88. The van der Waals surface area contributed by atoms with Gasteiger partial charge in [0, 0.05) is 0 Å². The number of aromatic hydroxyl groups is 1. The van der Waals surface area contributed by atoms with Crippen molar-refractivity contribution in [2.75, 3.05) is 30.4 Å². The fourth-order valence-electron chi connectivity index (χ4n) is 3.58. The van der Waals surface area contributed by atoms with Gasteiger partial charge in [-0.25, -0.2) is 0 Å². The van der Waals surface area contributed by atoms with E-state index in [0.717, 1.165) is 4.90 Å². The van der Waals surface area contributed by atoms with Crippen LogP contribution in [0.25, 0.3) is 0 Å². The van der Waals surface area contributed by atoms with Crippen molar-refractivity contribution in [2.45, 2.75) is 19.9 Å². The number of phenols is 1. The van der Waals surface area contributed by atoms with Gasteiger partial charge in [-0.2, -0.15) is 4.37 Å². The maximum absolute atomic E-state index is 14.1. The summed E-state index contributed by atoms with van der Waals surface area (Å²) in [5.41, 5.74) is 11.4. The molecule has 0 saturated carbocycles. The highest BCUT2D eigenvalue weighted by Gasteiger charge is 2.37. The summed E-state index contributed by atoms with van der Waals surface area (Å²) in [6.45, 7) is 3.31. The number of carbonyl (C=O) groups is 4. The minimum atomic E-state index is -1.38. The minimum absolute atomic E-state index is 0.0650. The number of phenolic OH excluding ortho intramolecular Hbond substituents is 1. The Morgan fingerprint density at radius 1 is 1.08 bits per heavy atom. The van der Waals surface area contributed by atoms with E-state index in [1.54, 1.807) is 38.1 Å².